The van der Waals surface area contributed by atoms with Crippen molar-refractivity contribution >= 4 is 5.91 Å². The quantitative estimate of drug-likeness (QED) is 0.801. The summed E-state index contributed by atoms with van der Waals surface area (Å²) in [7, 11) is 0. The maximum atomic E-state index is 13.5. The molecule has 1 amide bonds. The third-order valence-electron chi connectivity index (χ3n) is 7.03. The fourth-order valence-electron chi connectivity index (χ4n) is 5.27. The number of nitrogens with zero attached hydrogens (tertiary/aromatic N) is 1. The zero-order chi connectivity index (χ0) is 17.9. The second-order valence-corrected chi connectivity index (χ2v) is 8.48. The maximum Gasteiger partial charge on any atom is 0.246 e. The first-order valence-electron chi connectivity index (χ1n) is 10.6. The number of nitrogens with one attached hydrogen (secondary N) is 2. The molecule has 2 N–H and O–H groups in total. The molecule has 2 aliphatic heterocycles. The molecule has 3 fully saturated rings. The van der Waals surface area contributed by atoms with Gasteiger partial charge in [-0.25, -0.2) is 0 Å². The van der Waals surface area contributed by atoms with Crippen LogP contribution < -0.4 is 10.6 Å². The fraction of sp³-hybridized carbons (Fsp3) is 0.857. The van der Waals surface area contributed by atoms with Crippen molar-refractivity contribution in [3.05, 3.63) is 12.3 Å². The van der Waals surface area contributed by atoms with Gasteiger partial charge in [-0.1, -0.05) is 59.0 Å². The maximum absolute atomic E-state index is 13.5. The lowest BCUT2D eigenvalue weighted by atomic mass is 9.74. The van der Waals surface area contributed by atoms with E-state index in [0.29, 0.717) is 17.7 Å². The minimum atomic E-state index is -0.166. The molecule has 142 valence electrons. The lowest BCUT2D eigenvalue weighted by Crippen LogP contribution is -2.69. The van der Waals surface area contributed by atoms with Gasteiger partial charge < -0.3 is 15.5 Å². The molecule has 2 unspecified atom stereocenters. The van der Waals surface area contributed by atoms with E-state index >= 15 is 0 Å². The molecule has 2 atom stereocenters. The van der Waals surface area contributed by atoms with Gasteiger partial charge in [0.05, 0.1) is 5.54 Å². The van der Waals surface area contributed by atoms with Gasteiger partial charge in [-0.05, 0) is 44.2 Å². The largest absolute Gasteiger partial charge is 0.375 e. The number of unbranched alkanes of at least 4 members (excludes halogenated alkanes) is 1. The van der Waals surface area contributed by atoms with Crippen LogP contribution in [-0.2, 0) is 4.79 Å². The monoisotopic (exact) mass is 347 g/mol. The molecule has 3 rings (SSSR count). The Morgan fingerprint density at radius 2 is 1.92 bits per heavy atom. The van der Waals surface area contributed by atoms with Gasteiger partial charge in [0.1, 0.15) is 6.04 Å². The highest BCUT2D eigenvalue weighted by Crippen LogP contribution is 2.40. The second kappa shape index (κ2) is 8.11. The Morgan fingerprint density at radius 3 is 2.56 bits per heavy atom. The zero-order valence-corrected chi connectivity index (χ0v) is 16.3. The summed E-state index contributed by atoms with van der Waals surface area (Å²) in [6, 6.07) is -0.0760. The van der Waals surface area contributed by atoms with Gasteiger partial charge in [0.25, 0.3) is 0 Å². The van der Waals surface area contributed by atoms with E-state index in [2.05, 4.69) is 36.0 Å². The SMILES string of the molecule is C=C1NC(C(C)C2CCCCC2)C(=O)N(CCCC)C12CCNCC2. The van der Waals surface area contributed by atoms with E-state index in [9.17, 15) is 4.79 Å². The summed E-state index contributed by atoms with van der Waals surface area (Å²) >= 11 is 0. The van der Waals surface area contributed by atoms with Crippen molar-refractivity contribution < 1.29 is 4.79 Å². The van der Waals surface area contributed by atoms with Gasteiger partial charge in [-0.3, -0.25) is 4.79 Å². The molecule has 4 heteroatoms. The second-order valence-electron chi connectivity index (χ2n) is 8.48. The lowest BCUT2D eigenvalue weighted by Gasteiger charge is -2.54. The van der Waals surface area contributed by atoms with Crippen LogP contribution in [-0.4, -0.2) is 42.0 Å². The first-order valence-corrected chi connectivity index (χ1v) is 10.6. The van der Waals surface area contributed by atoms with Crippen LogP contribution in [0.1, 0.15) is 71.6 Å². The Bertz CT molecular complexity index is 478. The van der Waals surface area contributed by atoms with Gasteiger partial charge in [0.2, 0.25) is 5.91 Å². The summed E-state index contributed by atoms with van der Waals surface area (Å²) in [4.78, 5) is 15.8. The van der Waals surface area contributed by atoms with Crippen molar-refractivity contribution in [3.8, 4) is 0 Å². The Kier molecular flexibility index (Phi) is 6.08. The lowest BCUT2D eigenvalue weighted by molar-refractivity contribution is -0.145. The van der Waals surface area contributed by atoms with Crippen LogP contribution in [0.2, 0.25) is 0 Å². The van der Waals surface area contributed by atoms with E-state index in [1.807, 2.05) is 0 Å². The zero-order valence-electron chi connectivity index (χ0n) is 16.3. The van der Waals surface area contributed by atoms with Gasteiger partial charge in [-0.2, -0.15) is 0 Å². The Balaban J connectivity index is 1.81. The molecule has 0 aromatic rings. The molecule has 2 heterocycles. The third-order valence-corrected chi connectivity index (χ3v) is 7.03. The summed E-state index contributed by atoms with van der Waals surface area (Å²) in [5, 5.41) is 7.06. The summed E-state index contributed by atoms with van der Waals surface area (Å²) in [5.74, 6) is 1.41. The molecular weight excluding hydrogens is 310 g/mol. The van der Waals surface area contributed by atoms with Crippen molar-refractivity contribution in [2.45, 2.75) is 83.2 Å². The van der Waals surface area contributed by atoms with Crippen molar-refractivity contribution in [3.63, 3.8) is 0 Å². The van der Waals surface area contributed by atoms with Gasteiger partial charge in [0, 0.05) is 12.2 Å². The van der Waals surface area contributed by atoms with Crippen LogP contribution in [0.25, 0.3) is 0 Å². The molecule has 4 nitrogen and oxygen atoms in total. The van der Waals surface area contributed by atoms with Gasteiger partial charge >= 0.3 is 0 Å². The number of carbonyl (C=O) groups is 1. The van der Waals surface area contributed by atoms with Crippen molar-refractivity contribution in [2.75, 3.05) is 19.6 Å². The molecule has 25 heavy (non-hydrogen) atoms. The average molecular weight is 348 g/mol. The number of hydrogen-bond donors (Lipinski definition) is 2. The van der Waals surface area contributed by atoms with Crippen molar-refractivity contribution in [2.24, 2.45) is 11.8 Å². The highest BCUT2D eigenvalue weighted by atomic mass is 16.2. The highest BCUT2D eigenvalue weighted by molar-refractivity contribution is 5.85. The Labute approximate surface area is 153 Å². The van der Waals surface area contributed by atoms with Crippen LogP contribution in [0.3, 0.4) is 0 Å². The molecule has 0 aromatic heterocycles. The molecule has 0 bridgehead atoms. The Morgan fingerprint density at radius 1 is 1.24 bits per heavy atom. The first-order chi connectivity index (χ1) is 12.1. The third kappa shape index (κ3) is 3.60. The van der Waals surface area contributed by atoms with Crippen molar-refractivity contribution in [1.29, 1.82) is 0 Å². The smallest absolute Gasteiger partial charge is 0.246 e. The molecular formula is C21H37N3O. The number of hydrogen-bond acceptors (Lipinski definition) is 3. The Hall–Kier alpha value is -1.03. The van der Waals surface area contributed by atoms with Crippen LogP contribution in [0.15, 0.2) is 12.3 Å². The molecule has 1 spiro atoms. The van der Waals surface area contributed by atoms with Crippen molar-refractivity contribution in [1.82, 2.24) is 15.5 Å². The summed E-state index contributed by atoms with van der Waals surface area (Å²) < 4.78 is 0. The minimum Gasteiger partial charge on any atom is -0.375 e. The molecule has 3 aliphatic rings. The minimum absolute atomic E-state index is 0.0760. The average Bonchev–Trinajstić information content (AvgIpc) is 2.66. The van der Waals surface area contributed by atoms with E-state index in [-0.39, 0.29) is 11.6 Å². The van der Waals surface area contributed by atoms with Gasteiger partial charge in [0.15, 0.2) is 0 Å². The predicted molar refractivity (Wildman–Crippen MR) is 103 cm³/mol. The topological polar surface area (TPSA) is 44.4 Å². The number of carbonyl (C=O) groups excluding carboxylic acids is 1. The normalized spacial score (nSPS) is 28.9. The molecule has 1 saturated carbocycles. The van der Waals surface area contributed by atoms with E-state index in [4.69, 9.17) is 0 Å². The molecule has 0 radical (unpaired) electrons. The first kappa shape index (κ1) is 18.8. The van der Waals surface area contributed by atoms with Gasteiger partial charge in [-0.15, -0.1) is 0 Å². The fourth-order valence-corrected chi connectivity index (χ4v) is 5.27. The number of rotatable bonds is 5. The standard InChI is InChI=1S/C21H37N3O/c1-4-5-15-24-20(25)19(16(2)18-9-7-6-8-10-18)23-17(3)21(24)11-13-22-14-12-21/h16,18-19,22-23H,3-15H2,1-2H3. The number of piperidine rings is 1. The van der Waals surface area contributed by atoms with E-state index in [1.165, 1.54) is 32.1 Å². The summed E-state index contributed by atoms with van der Waals surface area (Å²) in [5.41, 5.74) is 0.928. The van der Waals surface area contributed by atoms with Crippen LogP contribution in [0, 0.1) is 11.8 Å². The molecule has 2 saturated heterocycles. The van der Waals surface area contributed by atoms with E-state index in [0.717, 1.165) is 51.0 Å². The number of amides is 1. The van der Waals surface area contributed by atoms with Crippen LogP contribution in [0.5, 0.6) is 0 Å². The predicted octanol–water partition coefficient (Wildman–Crippen LogP) is 3.44. The van der Waals surface area contributed by atoms with E-state index in [1.54, 1.807) is 0 Å². The number of piperazine rings is 1. The summed E-state index contributed by atoms with van der Waals surface area (Å²) in [6.45, 7) is 11.7. The molecule has 0 aromatic carbocycles. The highest BCUT2D eigenvalue weighted by Gasteiger charge is 2.50. The molecule has 1 aliphatic carbocycles. The summed E-state index contributed by atoms with van der Waals surface area (Å²) in [6.07, 6.45) is 10.8. The van der Waals surface area contributed by atoms with Crippen LogP contribution in [0.4, 0.5) is 0 Å². The van der Waals surface area contributed by atoms with E-state index < -0.39 is 0 Å². The van der Waals surface area contributed by atoms with Crippen LogP contribution >= 0.6 is 0 Å².